The number of aromatic amines is 1. The zero-order valence-corrected chi connectivity index (χ0v) is 14.8. The monoisotopic (exact) mass is 367 g/mol. The van der Waals surface area contributed by atoms with Crippen LogP contribution in [0.15, 0.2) is 18.2 Å². The van der Waals surface area contributed by atoms with E-state index in [2.05, 4.69) is 20.2 Å². The van der Waals surface area contributed by atoms with Gasteiger partial charge in [-0.25, -0.2) is 9.97 Å². The predicted molar refractivity (Wildman–Crippen MR) is 94.3 cm³/mol. The number of hydrogen-bond acceptors (Lipinski definition) is 5. The molecule has 0 amide bonds. The van der Waals surface area contributed by atoms with E-state index in [0.29, 0.717) is 28.8 Å². The molecule has 2 heterocycles. The van der Waals surface area contributed by atoms with Crippen molar-refractivity contribution in [3.05, 3.63) is 50.3 Å². The molecule has 0 spiro atoms. The van der Waals surface area contributed by atoms with Gasteiger partial charge in [0.2, 0.25) is 0 Å². The Morgan fingerprint density at radius 3 is 2.87 bits per heavy atom. The Labute approximate surface area is 147 Å². The molecule has 5 nitrogen and oxygen atoms in total. The van der Waals surface area contributed by atoms with Crippen LogP contribution < -0.4 is 5.73 Å². The number of hydrogen-bond donors (Lipinski definition) is 2. The van der Waals surface area contributed by atoms with Gasteiger partial charge in [0.1, 0.15) is 5.82 Å². The predicted octanol–water partition coefficient (Wildman–Crippen LogP) is 3.64. The van der Waals surface area contributed by atoms with Crippen molar-refractivity contribution >= 4 is 34.5 Å². The summed E-state index contributed by atoms with van der Waals surface area (Å²) in [5, 5.41) is 9.34. The summed E-state index contributed by atoms with van der Waals surface area (Å²) in [7, 11) is 0. The van der Waals surface area contributed by atoms with E-state index in [0.717, 1.165) is 33.4 Å². The smallest absolute Gasteiger partial charge is 0.193 e. The third kappa shape index (κ3) is 3.55. The van der Waals surface area contributed by atoms with Crippen molar-refractivity contribution in [1.82, 2.24) is 20.2 Å². The summed E-state index contributed by atoms with van der Waals surface area (Å²) >= 11 is 13.8. The summed E-state index contributed by atoms with van der Waals surface area (Å²) in [5.74, 6) is 1.38. The maximum Gasteiger partial charge on any atom is 0.193 e. The lowest BCUT2D eigenvalue weighted by Gasteiger charge is -2.02. The zero-order valence-electron chi connectivity index (χ0n) is 12.4. The highest BCUT2D eigenvalue weighted by atomic mass is 35.5. The number of halogens is 2. The van der Waals surface area contributed by atoms with Gasteiger partial charge < -0.3 is 5.73 Å². The summed E-state index contributed by atoms with van der Waals surface area (Å²) in [6.45, 7) is 2.54. The second-order valence-electron chi connectivity index (χ2n) is 5.06. The first-order chi connectivity index (χ1) is 11.1. The van der Waals surface area contributed by atoms with Gasteiger partial charge in [0.25, 0.3) is 0 Å². The van der Waals surface area contributed by atoms with Crippen LogP contribution in [-0.2, 0) is 12.8 Å². The molecule has 8 heteroatoms. The molecule has 0 aliphatic carbocycles. The van der Waals surface area contributed by atoms with Crippen LogP contribution in [0, 0.1) is 6.92 Å². The van der Waals surface area contributed by atoms with Gasteiger partial charge >= 0.3 is 0 Å². The Kier molecular flexibility index (Phi) is 4.96. The van der Waals surface area contributed by atoms with Crippen molar-refractivity contribution in [3.8, 4) is 10.7 Å². The maximum atomic E-state index is 6.22. The summed E-state index contributed by atoms with van der Waals surface area (Å²) in [6.07, 6.45) is 1.31. The number of nitrogens with two attached hydrogens (primary N) is 1. The molecule has 0 atom stereocenters. The van der Waals surface area contributed by atoms with Gasteiger partial charge in [-0.3, -0.25) is 5.10 Å². The average Bonchev–Trinajstić information content (AvgIpc) is 3.11. The van der Waals surface area contributed by atoms with Crippen molar-refractivity contribution in [1.29, 1.82) is 0 Å². The molecule has 0 bridgehead atoms. The number of benzene rings is 1. The normalized spacial score (nSPS) is 11.1. The highest BCUT2D eigenvalue weighted by Crippen LogP contribution is 2.29. The van der Waals surface area contributed by atoms with Gasteiger partial charge in [0.15, 0.2) is 5.82 Å². The fraction of sp³-hybridized carbons (Fsp3) is 0.267. The molecule has 2 aromatic heterocycles. The zero-order chi connectivity index (χ0) is 16.4. The van der Waals surface area contributed by atoms with E-state index < -0.39 is 0 Å². The molecular weight excluding hydrogens is 353 g/mol. The van der Waals surface area contributed by atoms with Gasteiger partial charge in [0, 0.05) is 12.8 Å². The Balaban J connectivity index is 1.84. The van der Waals surface area contributed by atoms with E-state index in [1.54, 1.807) is 17.4 Å². The van der Waals surface area contributed by atoms with Crippen LogP contribution in [0.1, 0.15) is 22.1 Å². The van der Waals surface area contributed by atoms with E-state index in [1.807, 2.05) is 19.1 Å². The fourth-order valence-electron chi connectivity index (χ4n) is 2.23. The Hall–Kier alpha value is -1.47. The second kappa shape index (κ2) is 6.97. The first kappa shape index (κ1) is 16.4. The van der Waals surface area contributed by atoms with E-state index in [-0.39, 0.29) is 0 Å². The minimum atomic E-state index is 0.536. The van der Waals surface area contributed by atoms with Crippen molar-refractivity contribution < 1.29 is 0 Å². The van der Waals surface area contributed by atoms with E-state index >= 15 is 0 Å². The highest BCUT2D eigenvalue weighted by molar-refractivity contribution is 7.15. The quantitative estimate of drug-likeness (QED) is 0.721. The van der Waals surface area contributed by atoms with E-state index in [1.165, 1.54) is 0 Å². The molecule has 3 aromatic rings. The van der Waals surface area contributed by atoms with Gasteiger partial charge in [-0.15, -0.1) is 11.3 Å². The standard InChI is InChI=1S/C15H15Cl2N5S/c1-8-14(23-12(19-8)5-6-18)15-20-11(21-22-15)7-9-3-2-4-10(16)13(9)17/h2-4H,5-7,18H2,1H3,(H,20,21,22). The Morgan fingerprint density at radius 1 is 1.26 bits per heavy atom. The van der Waals surface area contributed by atoms with Crippen LogP contribution in [-0.4, -0.2) is 26.7 Å². The summed E-state index contributed by atoms with van der Waals surface area (Å²) in [4.78, 5) is 10.0. The highest BCUT2D eigenvalue weighted by Gasteiger charge is 2.15. The number of nitrogens with zero attached hydrogens (tertiary/aromatic N) is 3. The molecular formula is C15H15Cl2N5S. The number of aromatic nitrogens is 4. The molecule has 0 radical (unpaired) electrons. The third-order valence-corrected chi connectivity index (χ3v) is 5.39. The topological polar surface area (TPSA) is 80.5 Å². The van der Waals surface area contributed by atoms with Gasteiger partial charge in [-0.1, -0.05) is 35.3 Å². The molecule has 0 fully saturated rings. The Morgan fingerprint density at radius 2 is 2.09 bits per heavy atom. The lowest BCUT2D eigenvalue weighted by atomic mass is 10.1. The van der Waals surface area contributed by atoms with E-state index in [9.17, 15) is 0 Å². The molecule has 3 rings (SSSR count). The van der Waals surface area contributed by atoms with Crippen LogP contribution in [0.2, 0.25) is 10.0 Å². The van der Waals surface area contributed by atoms with Crippen LogP contribution in [0.4, 0.5) is 0 Å². The van der Waals surface area contributed by atoms with Gasteiger partial charge in [0.05, 0.1) is 25.6 Å². The molecule has 3 N–H and O–H groups in total. The van der Waals surface area contributed by atoms with Crippen molar-refractivity contribution in [3.63, 3.8) is 0 Å². The second-order valence-corrected chi connectivity index (χ2v) is 6.93. The molecule has 120 valence electrons. The third-order valence-electron chi connectivity index (χ3n) is 3.32. The summed E-state index contributed by atoms with van der Waals surface area (Å²) < 4.78 is 0. The number of nitrogens with one attached hydrogen (secondary N) is 1. The maximum absolute atomic E-state index is 6.22. The number of thiazole rings is 1. The number of rotatable bonds is 5. The van der Waals surface area contributed by atoms with Crippen molar-refractivity contribution in [2.24, 2.45) is 5.73 Å². The van der Waals surface area contributed by atoms with Gasteiger partial charge in [-0.2, -0.15) is 5.10 Å². The lowest BCUT2D eigenvalue weighted by Crippen LogP contribution is -2.01. The number of H-pyrrole nitrogens is 1. The molecule has 1 aromatic carbocycles. The molecule has 0 aliphatic heterocycles. The van der Waals surface area contributed by atoms with Crippen LogP contribution in [0.3, 0.4) is 0 Å². The molecule has 0 saturated carbocycles. The minimum absolute atomic E-state index is 0.536. The summed E-state index contributed by atoms with van der Waals surface area (Å²) in [6, 6.07) is 5.56. The van der Waals surface area contributed by atoms with Crippen LogP contribution in [0.25, 0.3) is 10.7 Å². The lowest BCUT2D eigenvalue weighted by molar-refractivity contribution is 0.945. The molecule has 0 unspecified atom stereocenters. The van der Waals surface area contributed by atoms with Crippen molar-refractivity contribution in [2.45, 2.75) is 19.8 Å². The van der Waals surface area contributed by atoms with Crippen molar-refractivity contribution in [2.75, 3.05) is 6.54 Å². The van der Waals surface area contributed by atoms with Gasteiger partial charge in [-0.05, 0) is 25.1 Å². The number of aryl methyl sites for hydroxylation is 1. The first-order valence-corrected chi connectivity index (χ1v) is 8.66. The fourth-order valence-corrected chi connectivity index (χ4v) is 3.63. The average molecular weight is 368 g/mol. The van der Waals surface area contributed by atoms with E-state index in [4.69, 9.17) is 28.9 Å². The summed E-state index contributed by atoms with van der Waals surface area (Å²) in [5.41, 5.74) is 7.41. The Bertz CT molecular complexity index is 827. The minimum Gasteiger partial charge on any atom is -0.330 e. The molecule has 0 saturated heterocycles. The first-order valence-electron chi connectivity index (χ1n) is 7.09. The molecule has 0 aliphatic rings. The van der Waals surface area contributed by atoms with Crippen LogP contribution in [0.5, 0.6) is 0 Å². The largest absolute Gasteiger partial charge is 0.330 e. The van der Waals surface area contributed by atoms with Crippen LogP contribution >= 0.6 is 34.5 Å². The molecule has 23 heavy (non-hydrogen) atoms. The SMILES string of the molecule is Cc1nc(CCN)sc1-c1n[nH]c(Cc2cccc(Cl)c2Cl)n1.